The molecule has 2 aromatic heterocycles. The van der Waals surface area contributed by atoms with Crippen molar-refractivity contribution in [2.75, 3.05) is 0 Å². The maximum Gasteiger partial charge on any atom is 0.0645 e. The fourth-order valence-corrected chi connectivity index (χ4v) is 8.05. The smallest absolute Gasteiger partial charge is 0.0645 e. The third-order valence-electron chi connectivity index (χ3n) is 10.8. The monoisotopic (exact) mass is 719 g/mol. The molecule has 56 heavy (non-hydrogen) atoms. The maximum absolute atomic E-state index is 9.88. The number of aromatic nitrogens is 2. The van der Waals surface area contributed by atoms with Gasteiger partial charge in [0.1, 0.15) is 0 Å². The number of rotatable bonds is 6. The van der Waals surface area contributed by atoms with E-state index in [0.29, 0.717) is 11.3 Å². The Morgan fingerprint density at radius 1 is 0.286 bits per heavy atom. The van der Waals surface area contributed by atoms with E-state index in [-0.39, 0.29) is 57.6 Å². The Morgan fingerprint density at radius 2 is 0.696 bits per heavy atom. The van der Waals surface area contributed by atoms with Crippen LogP contribution in [0, 0.1) is 0 Å². The third-order valence-corrected chi connectivity index (χ3v) is 10.8. The molecule has 0 bridgehead atoms. The summed E-state index contributed by atoms with van der Waals surface area (Å²) in [5.74, 6) is 0. The van der Waals surface area contributed by atoms with Crippen LogP contribution in [-0.4, -0.2) is 9.13 Å². The number of benzene rings is 9. The Kier molecular flexibility index (Phi) is 6.01. The van der Waals surface area contributed by atoms with Gasteiger partial charge < -0.3 is 9.13 Å². The molecule has 11 aromatic rings. The first-order valence-corrected chi connectivity index (χ1v) is 18.7. The van der Waals surface area contributed by atoms with Gasteiger partial charge in [0.25, 0.3) is 0 Å². The summed E-state index contributed by atoms with van der Waals surface area (Å²) in [6, 6.07) is 57.0. The Morgan fingerprint density at radius 3 is 1.23 bits per heavy atom. The molecular formula is C54H36N2. The van der Waals surface area contributed by atoms with Crippen molar-refractivity contribution in [1.29, 1.82) is 0 Å². The summed E-state index contributed by atoms with van der Waals surface area (Å²) >= 11 is 0. The third kappa shape index (κ3) is 5.34. The number of hydrogen-bond acceptors (Lipinski definition) is 0. The molecule has 0 fully saturated rings. The van der Waals surface area contributed by atoms with E-state index in [9.17, 15) is 4.11 Å². The van der Waals surface area contributed by atoms with Gasteiger partial charge in [0.15, 0.2) is 0 Å². The molecule has 0 aliphatic carbocycles. The zero-order valence-electron chi connectivity index (χ0n) is 37.1. The second-order valence-electron chi connectivity index (χ2n) is 14.0. The van der Waals surface area contributed by atoms with Crippen molar-refractivity contribution >= 4 is 43.6 Å². The quantitative estimate of drug-likeness (QED) is 0.162. The van der Waals surface area contributed by atoms with Crippen LogP contribution in [0.25, 0.3) is 99.5 Å². The molecule has 0 N–H and O–H groups in total. The number of nitrogens with zero attached hydrogens (tertiary/aromatic N) is 2. The van der Waals surface area contributed by atoms with E-state index in [1.807, 2.05) is 109 Å². The van der Waals surface area contributed by atoms with Gasteiger partial charge >= 0.3 is 0 Å². The summed E-state index contributed by atoms with van der Waals surface area (Å²) in [6.07, 6.45) is 0. The average molecular weight is 720 g/mol. The molecule has 0 amide bonds. The minimum atomic E-state index is -0.423. The molecule has 0 aliphatic rings. The lowest BCUT2D eigenvalue weighted by atomic mass is 9.99. The van der Waals surface area contributed by atoms with E-state index in [1.165, 1.54) is 0 Å². The number of hydrogen-bond donors (Lipinski definition) is 0. The molecule has 0 atom stereocenters. The summed E-state index contributed by atoms with van der Waals surface area (Å²) in [4.78, 5) is 0. The fraction of sp³-hybridized carbons (Fsp3) is 0. The highest BCUT2D eigenvalue weighted by atomic mass is 15.0. The van der Waals surface area contributed by atoms with Gasteiger partial charge in [-0.15, -0.1) is 0 Å². The molecule has 0 saturated carbocycles. The summed E-state index contributed by atoms with van der Waals surface area (Å²) in [5, 5.41) is 2.23. The van der Waals surface area contributed by atoms with Gasteiger partial charge in [0, 0.05) is 32.9 Å². The van der Waals surface area contributed by atoms with Gasteiger partial charge in [-0.05, 0) is 111 Å². The van der Waals surface area contributed by atoms with Crippen LogP contribution in [0.3, 0.4) is 0 Å². The van der Waals surface area contributed by atoms with Crippen molar-refractivity contribution in [2.45, 2.75) is 0 Å². The first-order valence-electron chi connectivity index (χ1n) is 22.2. The van der Waals surface area contributed by atoms with Crippen LogP contribution < -0.4 is 0 Å². The first-order chi connectivity index (χ1) is 30.7. The highest BCUT2D eigenvalue weighted by molar-refractivity contribution is 6.13. The van der Waals surface area contributed by atoms with Gasteiger partial charge in [-0.2, -0.15) is 0 Å². The van der Waals surface area contributed by atoms with Crippen molar-refractivity contribution in [3.8, 4) is 55.9 Å². The van der Waals surface area contributed by atoms with E-state index in [2.05, 4.69) is 71.3 Å². The number of fused-ring (bicyclic) bond motifs is 6. The summed E-state index contributed by atoms with van der Waals surface area (Å²) in [7, 11) is 0. The fourth-order valence-electron chi connectivity index (χ4n) is 8.05. The highest BCUT2D eigenvalue weighted by Gasteiger charge is 2.17. The Hall–Kier alpha value is -7.42. The summed E-state index contributed by atoms with van der Waals surface area (Å²) in [6.45, 7) is 0. The van der Waals surface area contributed by atoms with Gasteiger partial charge in [-0.1, -0.05) is 152 Å². The Bertz CT molecular complexity index is 3600. The van der Waals surface area contributed by atoms with E-state index >= 15 is 0 Å². The minimum absolute atomic E-state index is 0.0785. The molecule has 9 aromatic carbocycles. The highest BCUT2D eigenvalue weighted by Crippen LogP contribution is 2.40. The van der Waals surface area contributed by atoms with Crippen LogP contribution in [0.2, 0.25) is 0 Å². The molecule has 262 valence electrons. The van der Waals surface area contributed by atoms with Crippen LogP contribution in [0.1, 0.15) is 9.60 Å². The largest absolute Gasteiger partial charge is 0.309 e. The molecule has 0 aliphatic heterocycles. The van der Waals surface area contributed by atoms with Crippen molar-refractivity contribution in [3.63, 3.8) is 0 Å². The minimum Gasteiger partial charge on any atom is -0.309 e. The lowest BCUT2D eigenvalue weighted by Crippen LogP contribution is -1.94. The zero-order chi connectivity index (χ0) is 43.1. The zero-order valence-corrected chi connectivity index (χ0v) is 30.1. The summed E-state index contributed by atoms with van der Waals surface area (Å²) in [5.41, 5.74) is 10.9. The molecule has 0 unspecified atom stereocenters. The van der Waals surface area contributed by atoms with Crippen LogP contribution in [0.4, 0.5) is 0 Å². The first kappa shape index (κ1) is 25.6. The van der Waals surface area contributed by atoms with Crippen molar-refractivity contribution < 1.29 is 9.60 Å². The maximum atomic E-state index is 9.88. The van der Waals surface area contributed by atoms with Crippen molar-refractivity contribution in [3.05, 3.63) is 218 Å². The molecule has 11 rings (SSSR count). The van der Waals surface area contributed by atoms with Gasteiger partial charge in [0.05, 0.1) is 31.7 Å². The summed E-state index contributed by atoms with van der Waals surface area (Å²) < 4.78 is 68.6. The standard InChI is InChI=1S/C54H36N2/c1-4-12-37(13-5-1)40-20-27-45(28-21-40)55-51-19-11-10-18-47(51)48-35-43(25-32-52(48)55)44-26-33-54-50(36-44)49-34-42(39-16-8-3-9-17-39)24-31-53(49)56(54)46-29-22-41(23-30-46)38-14-6-2-7-15-38/h1-36H/i10D,11D,18D,19D,25D,32D,35D. The Balaban J connectivity index is 1.16. The lowest BCUT2D eigenvalue weighted by Gasteiger charge is -2.11. The number of para-hydroxylation sites is 1. The van der Waals surface area contributed by atoms with Gasteiger partial charge in [0.2, 0.25) is 0 Å². The van der Waals surface area contributed by atoms with E-state index in [1.54, 1.807) is 4.57 Å². The van der Waals surface area contributed by atoms with Crippen LogP contribution >= 0.6 is 0 Å². The van der Waals surface area contributed by atoms with Crippen LogP contribution in [-0.2, 0) is 0 Å². The van der Waals surface area contributed by atoms with Crippen molar-refractivity contribution in [1.82, 2.24) is 9.13 Å². The van der Waals surface area contributed by atoms with Crippen LogP contribution in [0.15, 0.2) is 218 Å². The average Bonchev–Trinajstić information content (AvgIpc) is 3.87. The second-order valence-corrected chi connectivity index (χ2v) is 14.0. The molecule has 0 spiro atoms. The molecule has 0 radical (unpaired) electrons. The van der Waals surface area contributed by atoms with Crippen molar-refractivity contribution in [2.24, 2.45) is 0 Å². The van der Waals surface area contributed by atoms with E-state index < -0.39 is 12.1 Å². The molecular weight excluding hydrogens is 677 g/mol. The molecule has 2 heterocycles. The van der Waals surface area contributed by atoms with E-state index in [0.717, 1.165) is 60.9 Å². The predicted molar refractivity (Wildman–Crippen MR) is 237 cm³/mol. The normalized spacial score (nSPS) is 13.3. The van der Waals surface area contributed by atoms with E-state index in [4.69, 9.17) is 5.48 Å². The topological polar surface area (TPSA) is 9.86 Å². The lowest BCUT2D eigenvalue weighted by molar-refractivity contribution is 1.18. The Labute approximate surface area is 335 Å². The molecule has 0 saturated heterocycles. The van der Waals surface area contributed by atoms with Gasteiger partial charge in [-0.25, -0.2) is 0 Å². The molecule has 2 nitrogen and oxygen atoms in total. The second kappa shape index (κ2) is 13.2. The predicted octanol–water partition coefficient (Wildman–Crippen LogP) is 14.5. The van der Waals surface area contributed by atoms with Gasteiger partial charge in [-0.3, -0.25) is 0 Å². The van der Waals surface area contributed by atoms with Crippen LogP contribution in [0.5, 0.6) is 0 Å². The molecule has 2 heteroatoms. The SMILES string of the molecule is [2H]c1c([2H])c([2H])c2c(c1[2H])c1c([2H])c(-c3ccc4c(c3)c3cc(-c5ccccc5)ccc3n4-c3ccc(-c4ccccc4)cc3)c([2H])c([2H])c1n2-c1ccc(-c2ccccc2)cc1.